The van der Waals surface area contributed by atoms with Crippen LogP contribution >= 0.6 is 24.0 Å². The van der Waals surface area contributed by atoms with E-state index in [1.165, 1.54) is 5.69 Å². The molecule has 6 heteroatoms. The highest BCUT2D eigenvalue weighted by atomic mass is 127. The molecule has 0 aromatic carbocycles. The first-order valence-corrected chi connectivity index (χ1v) is 7.75. The second-order valence-corrected chi connectivity index (χ2v) is 5.78. The number of hydrogen-bond acceptors (Lipinski definition) is 2. The largest absolute Gasteiger partial charge is 0.357 e. The molecule has 0 aliphatic rings. The quantitative estimate of drug-likeness (QED) is 0.417. The summed E-state index contributed by atoms with van der Waals surface area (Å²) in [5.74, 6) is 0.968. The van der Waals surface area contributed by atoms with Gasteiger partial charge in [0.15, 0.2) is 5.96 Å². The molecule has 1 aromatic rings. The van der Waals surface area contributed by atoms with Crippen LogP contribution in [0.3, 0.4) is 0 Å². The van der Waals surface area contributed by atoms with E-state index in [-0.39, 0.29) is 24.0 Å². The van der Waals surface area contributed by atoms with Crippen molar-refractivity contribution >= 4 is 29.9 Å². The van der Waals surface area contributed by atoms with E-state index in [1.807, 2.05) is 0 Å². The van der Waals surface area contributed by atoms with Crippen molar-refractivity contribution in [1.29, 1.82) is 0 Å². The Morgan fingerprint density at radius 3 is 2.55 bits per heavy atom. The predicted molar refractivity (Wildman–Crippen MR) is 106 cm³/mol. The summed E-state index contributed by atoms with van der Waals surface area (Å²) >= 11 is 0. The molecule has 0 amide bonds. The van der Waals surface area contributed by atoms with Gasteiger partial charge in [-0.15, -0.1) is 24.0 Å². The van der Waals surface area contributed by atoms with Crippen molar-refractivity contribution < 1.29 is 0 Å². The Morgan fingerprint density at radius 1 is 1.36 bits per heavy atom. The number of rotatable bonds is 7. The van der Waals surface area contributed by atoms with E-state index < -0.39 is 0 Å². The third kappa shape index (κ3) is 7.00. The van der Waals surface area contributed by atoms with Crippen LogP contribution < -0.4 is 5.32 Å². The van der Waals surface area contributed by atoms with Crippen molar-refractivity contribution in [2.45, 2.75) is 33.4 Å². The Labute approximate surface area is 152 Å². The van der Waals surface area contributed by atoms with E-state index in [4.69, 9.17) is 4.99 Å². The molecule has 0 radical (unpaired) electrons. The average molecular weight is 421 g/mol. The smallest absolute Gasteiger partial charge is 0.194 e. The molecule has 0 fully saturated rings. The summed E-state index contributed by atoms with van der Waals surface area (Å²) in [5, 5.41) is 3.37. The molecule has 0 aliphatic carbocycles. The molecule has 1 heterocycles. The number of aryl methyl sites for hydroxylation is 1. The summed E-state index contributed by atoms with van der Waals surface area (Å²) in [5.41, 5.74) is 1.28. The van der Waals surface area contributed by atoms with Gasteiger partial charge in [0.05, 0.1) is 13.1 Å². The Bertz CT molecular complexity index is 441. The second kappa shape index (κ2) is 10.9. The zero-order valence-electron chi connectivity index (χ0n) is 14.8. The van der Waals surface area contributed by atoms with Crippen LogP contribution in [0.5, 0.6) is 0 Å². The molecule has 5 nitrogen and oxygen atoms in total. The number of hydrogen-bond donors (Lipinski definition) is 1. The van der Waals surface area contributed by atoms with Crippen LogP contribution in [0.1, 0.15) is 26.5 Å². The number of halogens is 1. The lowest BCUT2D eigenvalue weighted by molar-refractivity contribution is 0.281. The predicted octanol–water partition coefficient (Wildman–Crippen LogP) is 2.38. The van der Waals surface area contributed by atoms with E-state index in [9.17, 15) is 0 Å². The van der Waals surface area contributed by atoms with Crippen molar-refractivity contribution in [3.63, 3.8) is 0 Å². The maximum absolute atomic E-state index is 4.73. The maximum atomic E-state index is 4.73. The minimum absolute atomic E-state index is 0. The highest BCUT2D eigenvalue weighted by molar-refractivity contribution is 14.0. The fourth-order valence-electron chi connectivity index (χ4n) is 2.02. The van der Waals surface area contributed by atoms with Gasteiger partial charge < -0.3 is 19.7 Å². The van der Waals surface area contributed by atoms with Gasteiger partial charge >= 0.3 is 0 Å². The highest BCUT2D eigenvalue weighted by Gasteiger charge is 2.08. The summed E-state index contributed by atoms with van der Waals surface area (Å²) in [6.07, 6.45) is 2.07. The number of nitrogens with one attached hydrogen (secondary N) is 1. The Hall–Kier alpha value is -0.760. The van der Waals surface area contributed by atoms with Gasteiger partial charge in [-0.3, -0.25) is 4.99 Å². The number of aromatic nitrogens is 1. The van der Waals surface area contributed by atoms with E-state index >= 15 is 0 Å². The van der Waals surface area contributed by atoms with E-state index in [2.05, 4.69) is 79.9 Å². The van der Waals surface area contributed by atoms with Crippen molar-refractivity contribution in [2.75, 3.05) is 33.7 Å². The summed E-state index contributed by atoms with van der Waals surface area (Å²) < 4.78 is 2.15. The molecule has 0 bridgehead atoms. The molecule has 0 saturated carbocycles. The third-order valence-electron chi connectivity index (χ3n) is 3.74. The SMILES string of the molecule is CCNC(=NCCN(C)C(C)C)N(C)Cc1cccn1C.I. The van der Waals surface area contributed by atoms with Crippen molar-refractivity contribution in [2.24, 2.45) is 12.0 Å². The lowest BCUT2D eigenvalue weighted by Gasteiger charge is -2.23. The van der Waals surface area contributed by atoms with E-state index in [0.29, 0.717) is 6.04 Å². The van der Waals surface area contributed by atoms with Crippen molar-refractivity contribution in [3.05, 3.63) is 24.0 Å². The monoisotopic (exact) mass is 421 g/mol. The first-order chi connectivity index (χ1) is 9.95. The van der Waals surface area contributed by atoms with Crippen LogP contribution in [-0.2, 0) is 13.6 Å². The van der Waals surface area contributed by atoms with Crippen LogP contribution in [0, 0.1) is 0 Å². The second-order valence-electron chi connectivity index (χ2n) is 5.78. The molecule has 0 atom stereocenters. The number of likely N-dealkylation sites (N-methyl/N-ethyl adjacent to an activating group) is 1. The third-order valence-corrected chi connectivity index (χ3v) is 3.74. The number of guanidine groups is 1. The van der Waals surface area contributed by atoms with Gasteiger partial charge in [0.2, 0.25) is 0 Å². The summed E-state index contributed by atoms with van der Waals surface area (Å²) in [7, 11) is 6.30. The van der Waals surface area contributed by atoms with Crippen LogP contribution in [0.25, 0.3) is 0 Å². The Morgan fingerprint density at radius 2 is 2.05 bits per heavy atom. The van der Waals surface area contributed by atoms with Gasteiger partial charge in [0.25, 0.3) is 0 Å². The van der Waals surface area contributed by atoms with Gasteiger partial charge in [0.1, 0.15) is 0 Å². The zero-order chi connectivity index (χ0) is 15.8. The normalized spacial score (nSPS) is 11.7. The fourth-order valence-corrected chi connectivity index (χ4v) is 2.02. The minimum Gasteiger partial charge on any atom is -0.357 e. The van der Waals surface area contributed by atoms with Crippen LogP contribution in [0.15, 0.2) is 23.3 Å². The molecular formula is C16H32IN5. The molecule has 0 aliphatic heterocycles. The zero-order valence-corrected chi connectivity index (χ0v) is 17.2. The van der Waals surface area contributed by atoms with Crippen LogP contribution in [-0.4, -0.2) is 60.1 Å². The standard InChI is InChI=1S/C16H31N5.HI/c1-7-17-16(18-10-12-19(4)14(2)3)21(6)13-15-9-8-11-20(15)5;/h8-9,11,14H,7,10,12-13H2,1-6H3,(H,17,18);1H. The lowest BCUT2D eigenvalue weighted by Crippen LogP contribution is -2.39. The van der Waals surface area contributed by atoms with E-state index in [1.54, 1.807) is 0 Å². The van der Waals surface area contributed by atoms with Gasteiger partial charge in [-0.2, -0.15) is 0 Å². The molecular weight excluding hydrogens is 389 g/mol. The Kier molecular flexibility index (Phi) is 10.5. The molecule has 0 saturated heterocycles. The fraction of sp³-hybridized carbons (Fsp3) is 0.688. The lowest BCUT2D eigenvalue weighted by atomic mass is 10.3. The van der Waals surface area contributed by atoms with Gasteiger partial charge in [-0.1, -0.05) is 0 Å². The van der Waals surface area contributed by atoms with E-state index in [0.717, 1.165) is 32.1 Å². The van der Waals surface area contributed by atoms with Gasteiger partial charge in [-0.05, 0) is 40.0 Å². The first-order valence-electron chi connectivity index (χ1n) is 7.75. The molecule has 1 aromatic heterocycles. The van der Waals surface area contributed by atoms with Crippen LogP contribution in [0.2, 0.25) is 0 Å². The molecule has 1 rings (SSSR count). The van der Waals surface area contributed by atoms with Gasteiger partial charge in [-0.25, -0.2) is 0 Å². The average Bonchev–Trinajstić information content (AvgIpc) is 2.82. The topological polar surface area (TPSA) is 35.8 Å². The summed E-state index contributed by atoms with van der Waals surface area (Å²) in [4.78, 5) is 9.21. The minimum atomic E-state index is 0. The Balaban J connectivity index is 0.00000441. The van der Waals surface area contributed by atoms with Crippen LogP contribution in [0.4, 0.5) is 0 Å². The number of nitrogens with zero attached hydrogens (tertiary/aromatic N) is 4. The summed E-state index contributed by atoms with van der Waals surface area (Å²) in [6, 6.07) is 4.78. The molecule has 128 valence electrons. The maximum Gasteiger partial charge on any atom is 0.194 e. The molecule has 0 spiro atoms. The molecule has 0 unspecified atom stereocenters. The molecule has 22 heavy (non-hydrogen) atoms. The highest BCUT2D eigenvalue weighted by Crippen LogP contribution is 2.04. The molecule has 1 N–H and O–H groups in total. The van der Waals surface area contributed by atoms with Crippen molar-refractivity contribution in [3.8, 4) is 0 Å². The number of aliphatic imine (C=N–C) groups is 1. The van der Waals surface area contributed by atoms with Gasteiger partial charge in [0, 0.05) is 45.1 Å². The van der Waals surface area contributed by atoms with Crippen molar-refractivity contribution in [1.82, 2.24) is 19.7 Å². The first kappa shape index (κ1) is 21.2. The summed E-state index contributed by atoms with van der Waals surface area (Å²) in [6.45, 7) is 10.0.